The second kappa shape index (κ2) is 6.51. The lowest BCUT2D eigenvalue weighted by Gasteiger charge is -2.27. The maximum atomic E-state index is 12.7. The van der Waals surface area contributed by atoms with Gasteiger partial charge in [-0.3, -0.25) is 4.90 Å². The zero-order valence-corrected chi connectivity index (χ0v) is 11.3. The van der Waals surface area contributed by atoms with E-state index in [1.807, 2.05) is 0 Å². The number of carboxylic acid groups (broad SMARTS) is 1. The van der Waals surface area contributed by atoms with Crippen molar-refractivity contribution in [2.24, 2.45) is 0 Å². The quantitative estimate of drug-likeness (QED) is 0.759. The van der Waals surface area contributed by atoms with E-state index in [1.54, 1.807) is 12.2 Å². The van der Waals surface area contributed by atoms with Crippen LogP contribution in [0.25, 0.3) is 0 Å². The molecule has 1 saturated heterocycles. The number of hydrogen-bond acceptors (Lipinski definition) is 3. The van der Waals surface area contributed by atoms with Gasteiger partial charge in [0, 0.05) is 5.75 Å². The topological polar surface area (TPSA) is 69.6 Å². The van der Waals surface area contributed by atoms with E-state index in [0.717, 1.165) is 4.90 Å². The van der Waals surface area contributed by atoms with Gasteiger partial charge in [0.1, 0.15) is 6.04 Å². The molecule has 2 atom stereocenters. The second-order valence-electron chi connectivity index (χ2n) is 4.18. The smallest absolute Gasteiger partial charge is 0.327 e. The van der Waals surface area contributed by atoms with Crippen LogP contribution in [0, 0.1) is 0 Å². The van der Waals surface area contributed by atoms with Gasteiger partial charge in [0.2, 0.25) is 0 Å². The van der Waals surface area contributed by atoms with Gasteiger partial charge >= 0.3 is 24.3 Å². The van der Waals surface area contributed by atoms with Crippen LogP contribution in [0.4, 0.5) is 22.4 Å². The van der Waals surface area contributed by atoms with Gasteiger partial charge in [-0.25, -0.2) is 18.4 Å². The largest absolute Gasteiger partial charge is 0.480 e. The Kier molecular flexibility index (Phi) is 5.49. The summed E-state index contributed by atoms with van der Waals surface area (Å²) in [7, 11) is 0. The maximum Gasteiger partial charge on any atom is 0.327 e. The van der Waals surface area contributed by atoms with Crippen LogP contribution in [0.15, 0.2) is 0 Å². The number of carbonyl (C=O) groups excluding carboxylic acids is 1. The standard InChI is InChI=1S/C10H14F4N2O3S/c1-2-6-16(5(3-20-6)7(17)18)9(19)15-4-10(13,14)8(11)12/h5-6,8H,2-4H2,1H3,(H,15,19)(H,17,18). The minimum atomic E-state index is -4.34. The molecule has 1 aliphatic rings. The van der Waals surface area contributed by atoms with Crippen molar-refractivity contribution in [1.82, 2.24) is 10.2 Å². The summed E-state index contributed by atoms with van der Waals surface area (Å²) in [6, 6.07) is -2.22. The summed E-state index contributed by atoms with van der Waals surface area (Å²) >= 11 is 1.20. The van der Waals surface area contributed by atoms with Crippen LogP contribution in [0.3, 0.4) is 0 Å². The first-order valence-electron chi connectivity index (χ1n) is 5.77. The van der Waals surface area contributed by atoms with E-state index in [9.17, 15) is 27.2 Å². The number of carbonyl (C=O) groups is 2. The third-order valence-corrected chi connectivity index (χ3v) is 4.21. The normalized spacial score (nSPS) is 23.2. The first kappa shape index (κ1) is 16.9. The van der Waals surface area contributed by atoms with E-state index in [-0.39, 0.29) is 5.75 Å². The molecule has 20 heavy (non-hydrogen) atoms. The SMILES string of the molecule is CCC1SCC(C(=O)O)N1C(=O)NCC(F)(F)C(F)F. The Hall–Kier alpha value is -1.19. The number of thioether (sulfide) groups is 1. The Morgan fingerprint density at radius 2 is 2.10 bits per heavy atom. The molecule has 1 heterocycles. The lowest BCUT2D eigenvalue weighted by Crippen LogP contribution is -2.52. The van der Waals surface area contributed by atoms with Crippen molar-refractivity contribution >= 4 is 23.8 Å². The summed E-state index contributed by atoms with van der Waals surface area (Å²) in [5.41, 5.74) is 0. The van der Waals surface area contributed by atoms with Crippen LogP contribution in [-0.2, 0) is 4.79 Å². The molecule has 0 aromatic heterocycles. The lowest BCUT2D eigenvalue weighted by atomic mass is 10.2. The van der Waals surface area contributed by atoms with E-state index in [1.165, 1.54) is 11.8 Å². The molecule has 1 rings (SSSR count). The number of nitrogens with zero attached hydrogens (tertiary/aromatic N) is 1. The lowest BCUT2D eigenvalue weighted by molar-refractivity contribution is -0.141. The van der Waals surface area contributed by atoms with Crippen LogP contribution in [0.1, 0.15) is 13.3 Å². The third-order valence-electron chi connectivity index (χ3n) is 2.76. The van der Waals surface area contributed by atoms with E-state index >= 15 is 0 Å². The number of alkyl halides is 4. The summed E-state index contributed by atoms with van der Waals surface area (Å²) in [4.78, 5) is 23.7. The molecule has 5 nitrogen and oxygen atoms in total. The van der Waals surface area contributed by atoms with Gasteiger partial charge in [0.05, 0.1) is 11.9 Å². The van der Waals surface area contributed by atoms with Gasteiger partial charge in [-0.1, -0.05) is 6.92 Å². The van der Waals surface area contributed by atoms with Crippen molar-refractivity contribution in [3.05, 3.63) is 0 Å². The first-order valence-corrected chi connectivity index (χ1v) is 6.82. The molecule has 2 unspecified atom stereocenters. The van der Waals surface area contributed by atoms with E-state index < -0.39 is 42.3 Å². The van der Waals surface area contributed by atoms with E-state index in [0.29, 0.717) is 6.42 Å². The number of rotatable bonds is 5. The fraction of sp³-hybridized carbons (Fsp3) is 0.800. The van der Waals surface area contributed by atoms with Crippen LogP contribution in [0.2, 0.25) is 0 Å². The highest BCUT2D eigenvalue weighted by atomic mass is 32.2. The number of aliphatic carboxylic acids is 1. The van der Waals surface area contributed by atoms with Gasteiger partial charge in [0.15, 0.2) is 0 Å². The average molecular weight is 318 g/mol. The van der Waals surface area contributed by atoms with E-state index in [2.05, 4.69) is 0 Å². The molecular weight excluding hydrogens is 304 g/mol. The molecule has 2 N–H and O–H groups in total. The predicted molar refractivity (Wildman–Crippen MR) is 64.1 cm³/mol. The highest BCUT2D eigenvalue weighted by molar-refractivity contribution is 8.00. The van der Waals surface area contributed by atoms with Gasteiger partial charge in [0.25, 0.3) is 0 Å². The van der Waals surface area contributed by atoms with Crippen LogP contribution in [-0.4, -0.2) is 58.1 Å². The Balaban J connectivity index is 2.71. The van der Waals surface area contributed by atoms with Gasteiger partial charge in [-0.15, -0.1) is 11.8 Å². The third kappa shape index (κ3) is 3.68. The molecule has 0 spiro atoms. The summed E-state index contributed by atoms with van der Waals surface area (Å²) in [5.74, 6) is -5.47. The molecule has 116 valence electrons. The van der Waals surface area contributed by atoms with Crippen LogP contribution in [0.5, 0.6) is 0 Å². The fourth-order valence-corrected chi connectivity index (χ4v) is 3.05. The molecule has 2 amide bonds. The molecule has 0 bridgehead atoms. The molecule has 0 aliphatic carbocycles. The van der Waals surface area contributed by atoms with Crippen molar-refractivity contribution in [1.29, 1.82) is 0 Å². The maximum absolute atomic E-state index is 12.7. The molecule has 1 aliphatic heterocycles. The minimum absolute atomic E-state index is 0.131. The molecule has 10 heteroatoms. The van der Waals surface area contributed by atoms with Crippen molar-refractivity contribution in [3.8, 4) is 0 Å². The van der Waals surface area contributed by atoms with Crippen molar-refractivity contribution < 1.29 is 32.3 Å². The first-order chi connectivity index (χ1) is 9.20. The average Bonchev–Trinajstić information content (AvgIpc) is 2.79. The molecule has 0 aromatic carbocycles. The number of amides is 2. The fourth-order valence-electron chi connectivity index (χ4n) is 1.70. The number of halogens is 4. The van der Waals surface area contributed by atoms with Gasteiger partial charge < -0.3 is 10.4 Å². The van der Waals surface area contributed by atoms with E-state index in [4.69, 9.17) is 5.11 Å². The Morgan fingerprint density at radius 1 is 1.50 bits per heavy atom. The van der Waals surface area contributed by atoms with Crippen molar-refractivity contribution in [2.45, 2.75) is 37.1 Å². The minimum Gasteiger partial charge on any atom is -0.480 e. The van der Waals surface area contributed by atoms with Crippen LogP contribution < -0.4 is 5.32 Å². The van der Waals surface area contributed by atoms with Crippen molar-refractivity contribution in [2.75, 3.05) is 12.3 Å². The van der Waals surface area contributed by atoms with Gasteiger partial charge in [-0.05, 0) is 6.42 Å². The Bertz CT molecular complexity index is 384. The summed E-state index contributed by atoms with van der Waals surface area (Å²) in [6.45, 7) is 0.170. The highest BCUT2D eigenvalue weighted by Crippen LogP contribution is 2.31. The Morgan fingerprint density at radius 3 is 2.55 bits per heavy atom. The van der Waals surface area contributed by atoms with Crippen molar-refractivity contribution in [3.63, 3.8) is 0 Å². The molecule has 0 radical (unpaired) electrons. The second-order valence-corrected chi connectivity index (χ2v) is 5.39. The number of nitrogens with one attached hydrogen (secondary N) is 1. The summed E-state index contributed by atoms with van der Waals surface area (Å²) < 4.78 is 49.4. The molecule has 1 fully saturated rings. The zero-order valence-electron chi connectivity index (χ0n) is 10.5. The molecular formula is C10H14F4N2O3S. The monoisotopic (exact) mass is 318 g/mol. The summed E-state index contributed by atoms with van der Waals surface area (Å²) in [5, 5.41) is 10.2. The molecule has 0 aromatic rings. The number of urea groups is 1. The van der Waals surface area contributed by atoms with Crippen LogP contribution >= 0.6 is 11.8 Å². The Labute approximate surface area is 116 Å². The number of carboxylic acids is 1. The summed E-state index contributed by atoms with van der Waals surface area (Å²) in [6.07, 6.45) is -3.47. The predicted octanol–water partition coefficient (Wildman–Crippen LogP) is 1.83. The molecule has 0 saturated carbocycles. The zero-order chi connectivity index (χ0) is 15.5. The van der Waals surface area contributed by atoms with Gasteiger partial charge in [-0.2, -0.15) is 8.78 Å². The number of hydrogen-bond donors (Lipinski definition) is 2. The highest BCUT2D eigenvalue weighted by Gasteiger charge is 2.44.